The van der Waals surface area contributed by atoms with Gasteiger partial charge in [0.2, 0.25) is 0 Å². The molecule has 0 saturated carbocycles. The second-order valence-electron chi connectivity index (χ2n) is 5.88. The monoisotopic (exact) mass is 376 g/mol. The summed E-state index contributed by atoms with van der Waals surface area (Å²) in [5.41, 5.74) is 1.12. The van der Waals surface area contributed by atoms with Crippen LogP contribution in [0.25, 0.3) is 0 Å². The summed E-state index contributed by atoms with van der Waals surface area (Å²) >= 11 is 0. The first-order valence-electron chi connectivity index (χ1n) is 8.74. The van der Waals surface area contributed by atoms with E-state index in [9.17, 15) is 9.59 Å². The van der Waals surface area contributed by atoms with Gasteiger partial charge < -0.3 is 20.1 Å². The van der Waals surface area contributed by atoms with Gasteiger partial charge in [-0.25, -0.2) is 0 Å². The molecule has 2 N–H and O–H groups in total. The Morgan fingerprint density at radius 3 is 1.46 bits per heavy atom. The lowest BCUT2D eigenvalue weighted by atomic mass is 10.2. The summed E-state index contributed by atoms with van der Waals surface area (Å²) in [6.07, 6.45) is 0. The predicted octanol–water partition coefficient (Wildman–Crippen LogP) is 3.72. The average molecular weight is 376 g/mol. The molecule has 0 aliphatic heterocycles. The quantitative estimate of drug-likeness (QED) is 0.628. The molecule has 0 aromatic heterocycles. The third-order valence-corrected chi connectivity index (χ3v) is 3.66. The zero-order valence-corrected chi connectivity index (χ0v) is 15.1. The molecule has 0 atom stereocenters. The third-order valence-electron chi connectivity index (χ3n) is 3.66. The SMILES string of the molecule is O=C(COc1ccccc1)Nc1cccc(NC(=O)COc2ccccc2)c1. The number of rotatable bonds is 8. The molecule has 28 heavy (non-hydrogen) atoms. The Kier molecular flexibility index (Phi) is 6.62. The van der Waals surface area contributed by atoms with Gasteiger partial charge in [0, 0.05) is 11.4 Å². The van der Waals surface area contributed by atoms with Crippen LogP contribution in [0.4, 0.5) is 11.4 Å². The van der Waals surface area contributed by atoms with Gasteiger partial charge in [-0.15, -0.1) is 0 Å². The fourth-order valence-corrected chi connectivity index (χ4v) is 2.40. The minimum Gasteiger partial charge on any atom is -0.484 e. The van der Waals surface area contributed by atoms with Crippen LogP contribution < -0.4 is 20.1 Å². The van der Waals surface area contributed by atoms with E-state index in [1.54, 1.807) is 48.5 Å². The van der Waals surface area contributed by atoms with Gasteiger partial charge in [-0.2, -0.15) is 0 Å². The van der Waals surface area contributed by atoms with E-state index in [4.69, 9.17) is 9.47 Å². The maximum absolute atomic E-state index is 12.0. The Labute approximate surface area is 163 Å². The third kappa shape index (κ3) is 6.17. The van der Waals surface area contributed by atoms with E-state index in [0.717, 1.165) is 0 Å². The zero-order valence-electron chi connectivity index (χ0n) is 15.1. The minimum absolute atomic E-state index is 0.106. The van der Waals surface area contributed by atoms with Gasteiger partial charge in [0.1, 0.15) is 11.5 Å². The molecule has 0 bridgehead atoms. The average Bonchev–Trinajstić information content (AvgIpc) is 2.72. The van der Waals surface area contributed by atoms with Crippen LogP contribution in [-0.2, 0) is 9.59 Å². The van der Waals surface area contributed by atoms with Crippen LogP contribution in [-0.4, -0.2) is 25.0 Å². The Morgan fingerprint density at radius 2 is 1.04 bits per heavy atom. The molecule has 3 aromatic carbocycles. The lowest BCUT2D eigenvalue weighted by Gasteiger charge is -2.10. The number of nitrogens with one attached hydrogen (secondary N) is 2. The number of ether oxygens (including phenoxy) is 2. The Bertz CT molecular complexity index is 841. The molecule has 0 fully saturated rings. The normalized spacial score (nSPS) is 10.0. The van der Waals surface area contributed by atoms with Crippen LogP contribution in [0.2, 0.25) is 0 Å². The van der Waals surface area contributed by atoms with Gasteiger partial charge >= 0.3 is 0 Å². The molecule has 0 aliphatic carbocycles. The first-order chi connectivity index (χ1) is 13.7. The van der Waals surface area contributed by atoms with Crippen LogP contribution in [0.15, 0.2) is 84.9 Å². The van der Waals surface area contributed by atoms with Crippen molar-refractivity contribution < 1.29 is 19.1 Å². The van der Waals surface area contributed by atoms with E-state index in [-0.39, 0.29) is 25.0 Å². The molecule has 0 spiro atoms. The van der Waals surface area contributed by atoms with E-state index < -0.39 is 0 Å². The summed E-state index contributed by atoms with van der Waals surface area (Å²) in [6, 6.07) is 25.1. The predicted molar refractivity (Wildman–Crippen MR) is 108 cm³/mol. The fraction of sp³-hybridized carbons (Fsp3) is 0.0909. The molecule has 3 aromatic rings. The largest absolute Gasteiger partial charge is 0.484 e. The van der Waals surface area contributed by atoms with Crippen molar-refractivity contribution in [3.63, 3.8) is 0 Å². The highest BCUT2D eigenvalue weighted by Gasteiger charge is 2.07. The molecule has 2 amide bonds. The number of hydrogen-bond donors (Lipinski definition) is 2. The summed E-state index contributed by atoms with van der Waals surface area (Å²) in [5, 5.41) is 5.47. The molecule has 6 heteroatoms. The highest BCUT2D eigenvalue weighted by atomic mass is 16.5. The highest BCUT2D eigenvalue weighted by Crippen LogP contribution is 2.16. The van der Waals surface area contributed by atoms with Crippen molar-refractivity contribution in [2.24, 2.45) is 0 Å². The first kappa shape index (κ1) is 19.0. The van der Waals surface area contributed by atoms with Crippen molar-refractivity contribution in [3.8, 4) is 11.5 Å². The van der Waals surface area contributed by atoms with E-state index in [1.165, 1.54) is 0 Å². The van der Waals surface area contributed by atoms with Crippen LogP contribution in [0.5, 0.6) is 11.5 Å². The lowest BCUT2D eigenvalue weighted by Crippen LogP contribution is -2.21. The molecular formula is C22H20N2O4. The number of carbonyl (C=O) groups is 2. The number of hydrogen-bond acceptors (Lipinski definition) is 4. The van der Waals surface area contributed by atoms with Crippen molar-refractivity contribution >= 4 is 23.2 Å². The maximum atomic E-state index is 12.0. The molecule has 0 aliphatic rings. The van der Waals surface area contributed by atoms with Crippen LogP contribution in [0, 0.1) is 0 Å². The van der Waals surface area contributed by atoms with Gasteiger partial charge in [0.25, 0.3) is 11.8 Å². The molecule has 0 unspecified atom stereocenters. The van der Waals surface area contributed by atoms with Crippen molar-refractivity contribution in [3.05, 3.63) is 84.9 Å². The van der Waals surface area contributed by atoms with Crippen LogP contribution in [0.3, 0.4) is 0 Å². The fourth-order valence-electron chi connectivity index (χ4n) is 2.40. The highest BCUT2D eigenvalue weighted by molar-refractivity contribution is 5.95. The van der Waals surface area contributed by atoms with E-state index >= 15 is 0 Å². The number of amides is 2. The molecule has 0 radical (unpaired) electrons. The second-order valence-corrected chi connectivity index (χ2v) is 5.88. The summed E-state index contributed by atoms with van der Waals surface area (Å²) in [5.74, 6) is 0.661. The minimum atomic E-state index is -0.292. The molecule has 6 nitrogen and oxygen atoms in total. The molecule has 0 heterocycles. The van der Waals surface area contributed by atoms with Crippen LogP contribution in [0.1, 0.15) is 0 Å². The van der Waals surface area contributed by atoms with Crippen LogP contribution >= 0.6 is 0 Å². The van der Waals surface area contributed by atoms with Gasteiger partial charge in [0.15, 0.2) is 13.2 Å². The molecule has 3 rings (SSSR count). The topological polar surface area (TPSA) is 76.7 Å². The Hall–Kier alpha value is -3.80. The summed E-state index contributed by atoms with van der Waals surface area (Å²) in [4.78, 5) is 24.1. The van der Waals surface area contributed by atoms with E-state index in [1.807, 2.05) is 36.4 Å². The van der Waals surface area contributed by atoms with Gasteiger partial charge in [-0.1, -0.05) is 42.5 Å². The van der Waals surface area contributed by atoms with Gasteiger partial charge in [-0.3, -0.25) is 9.59 Å². The maximum Gasteiger partial charge on any atom is 0.262 e. The summed E-state index contributed by atoms with van der Waals surface area (Å²) < 4.78 is 10.8. The Morgan fingerprint density at radius 1 is 0.607 bits per heavy atom. The van der Waals surface area contributed by atoms with Crippen molar-refractivity contribution in [1.82, 2.24) is 0 Å². The number of anilines is 2. The lowest BCUT2D eigenvalue weighted by molar-refractivity contribution is -0.118. The van der Waals surface area contributed by atoms with Crippen molar-refractivity contribution in [1.29, 1.82) is 0 Å². The smallest absolute Gasteiger partial charge is 0.262 e. The first-order valence-corrected chi connectivity index (χ1v) is 8.74. The van der Waals surface area contributed by atoms with E-state index in [0.29, 0.717) is 22.9 Å². The van der Waals surface area contributed by atoms with Crippen molar-refractivity contribution in [2.45, 2.75) is 0 Å². The van der Waals surface area contributed by atoms with Gasteiger partial charge in [-0.05, 0) is 42.5 Å². The standard InChI is InChI=1S/C22H20N2O4/c25-21(15-27-19-10-3-1-4-11-19)23-17-8-7-9-18(14-17)24-22(26)16-28-20-12-5-2-6-13-20/h1-14H,15-16H2,(H,23,25)(H,24,26). The van der Waals surface area contributed by atoms with Gasteiger partial charge in [0.05, 0.1) is 0 Å². The second kappa shape index (κ2) is 9.78. The van der Waals surface area contributed by atoms with Crippen molar-refractivity contribution in [2.75, 3.05) is 23.8 Å². The number of carbonyl (C=O) groups excluding carboxylic acids is 2. The Balaban J connectivity index is 1.47. The zero-order chi connectivity index (χ0) is 19.6. The molecule has 142 valence electrons. The van der Waals surface area contributed by atoms with E-state index in [2.05, 4.69) is 10.6 Å². The number of benzene rings is 3. The molecule has 0 saturated heterocycles. The molecular weight excluding hydrogens is 356 g/mol. The summed E-state index contributed by atoms with van der Waals surface area (Å²) in [6.45, 7) is -0.211. The summed E-state index contributed by atoms with van der Waals surface area (Å²) in [7, 11) is 0. The number of para-hydroxylation sites is 2.